The fourth-order valence-corrected chi connectivity index (χ4v) is 0.247. The van der Waals surface area contributed by atoms with Crippen LogP contribution in [0.15, 0.2) is 0 Å². The first-order chi connectivity index (χ1) is 4.04. The number of halogens is 1. The van der Waals surface area contributed by atoms with Crippen LogP contribution in [0.5, 0.6) is 0 Å². The van der Waals surface area contributed by atoms with Crippen LogP contribution in [0.1, 0.15) is 6.92 Å². The molecule has 0 aliphatic heterocycles. The predicted molar refractivity (Wildman–Crippen MR) is 35.5 cm³/mol. The molecule has 0 aromatic rings. The van der Waals surface area contributed by atoms with Gasteiger partial charge in [0.05, 0.1) is 0 Å². The normalized spacial score (nSPS) is 10.9. The number of nitrogens with one attached hydrogen (secondary N) is 1. The van der Waals surface area contributed by atoms with Crippen LogP contribution < -0.4 is 5.32 Å². The Labute approximate surface area is 63.4 Å². The molecule has 0 aromatic carbocycles. The summed E-state index contributed by atoms with van der Waals surface area (Å²) in [5.41, 5.74) is 0. The quantitative estimate of drug-likeness (QED) is 0.549. The lowest BCUT2D eigenvalue weighted by Gasteiger charge is -2.02. The molecule has 0 rings (SSSR count). The monoisotopic (exact) mass is 169 g/mol. The number of hydrogen-bond donors (Lipinski definition) is 3. The molecule has 5 nitrogen and oxygen atoms in total. The fraction of sp³-hybridized carbons (Fsp3) is 0.500. The van der Waals surface area contributed by atoms with Gasteiger partial charge in [0.1, 0.15) is 6.04 Å². The summed E-state index contributed by atoms with van der Waals surface area (Å²) in [5.74, 6) is -1.18. The lowest BCUT2D eigenvalue weighted by molar-refractivity contribution is -0.138. The van der Waals surface area contributed by atoms with Crippen molar-refractivity contribution in [1.82, 2.24) is 5.32 Å². The Hall–Kier alpha value is -0.970. The second kappa shape index (κ2) is 4.87. The summed E-state index contributed by atoms with van der Waals surface area (Å²) in [6.07, 6.45) is -1.33. The Morgan fingerprint density at radius 3 is 1.90 bits per heavy atom. The van der Waals surface area contributed by atoms with Crippen molar-refractivity contribution in [3.05, 3.63) is 0 Å². The number of aliphatic carboxylic acids is 1. The molecule has 0 aliphatic carbocycles. The number of carboxylic acids is 1. The first-order valence-corrected chi connectivity index (χ1v) is 2.26. The molecule has 0 heterocycles. The third-order valence-electron chi connectivity index (χ3n) is 0.710. The summed E-state index contributed by atoms with van der Waals surface area (Å²) in [6, 6.07) is -1.04. The predicted octanol–water partition coefficient (Wildman–Crippen LogP) is 0.149. The van der Waals surface area contributed by atoms with Crippen LogP contribution in [0.2, 0.25) is 0 Å². The molecule has 0 saturated heterocycles. The molecule has 1 amide bonds. The van der Waals surface area contributed by atoms with E-state index in [-0.39, 0.29) is 12.4 Å². The highest BCUT2D eigenvalue weighted by Gasteiger charge is 2.11. The van der Waals surface area contributed by atoms with Crippen LogP contribution in [0.25, 0.3) is 0 Å². The van der Waals surface area contributed by atoms with Crippen LogP contribution >= 0.6 is 12.4 Å². The van der Waals surface area contributed by atoms with Crippen molar-refractivity contribution in [3.8, 4) is 0 Å². The van der Waals surface area contributed by atoms with E-state index in [1.165, 1.54) is 6.92 Å². The van der Waals surface area contributed by atoms with Gasteiger partial charge in [0.25, 0.3) is 0 Å². The van der Waals surface area contributed by atoms with Crippen LogP contribution in [0.4, 0.5) is 4.79 Å². The minimum absolute atomic E-state index is 0. The topological polar surface area (TPSA) is 86.6 Å². The van der Waals surface area contributed by atoms with Crippen molar-refractivity contribution in [2.45, 2.75) is 13.0 Å². The maximum atomic E-state index is 9.91. The van der Waals surface area contributed by atoms with E-state index in [1.807, 2.05) is 0 Å². The third kappa shape index (κ3) is 5.17. The molecule has 3 N–H and O–H groups in total. The smallest absolute Gasteiger partial charge is 0.405 e. The van der Waals surface area contributed by atoms with Crippen molar-refractivity contribution in [2.24, 2.45) is 0 Å². The van der Waals surface area contributed by atoms with E-state index < -0.39 is 18.1 Å². The van der Waals surface area contributed by atoms with Crippen molar-refractivity contribution in [3.63, 3.8) is 0 Å². The van der Waals surface area contributed by atoms with E-state index in [1.54, 1.807) is 5.32 Å². The highest BCUT2D eigenvalue weighted by molar-refractivity contribution is 5.85. The lowest BCUT2D eigenvalue weighted by atomic mass is 10.4. The molecule has 60 valence electrons. The SMILES string of the molecule is CC(NC(=O)O)C(=O)O.Cl. The number of carboxylic acid groups (broad SMARTS) is 2. The van der Waals surface area contributed by atoms with Gasteiger partial charge in [-0.2, -0.15) is 0 Å². The fourth-order valence-electron chi connectivity index (χ4n) is 0.247. The second-order valence-corrected chi connectivity index (χ2v) is 1.51. The van der Waals surface area contributed by atoms with Gasteiger partial charge in [0.15, 0.2) is 0 Å². The molecule has 1 unspecified atom stereocenters. The number of rotatable bonds is 2. The highest BCUT2D eigenvalue weighted by atomic mass is 35.5. The number of amides is 1. The Kier molecular flexibility index (Phi) is 5.73. The van der Waals surface area contributed by atoms with Crippen LogP contribution in [0.3, 0.4) is 0 Å². The van der Waals surface area contributed by atoms with Gasteiger partial charge in [0, 0.05) is 0 Å². The second-order valence-electron chi connectivity index (χ2n) is 1.51. The molecular weight excluding hydrogens is 161 g/mol. The van der Waals surface area contributed by atoms with Gasteiger partial charge in [0.2, 0.25) is 0 Å². The average molecular weight is 170 g/mol. The third-order valence-corrected chi connectivity index (χ3v) is 0.710. The Balaban J connectivity index is 0. The molecule has 0 fully saturated rings. The first-order valence-electron chi connectivity index (χ1n) is 2.26. The van der Waals surface area contributed by atoms with Gasteiger partial charge in [-0.1, -0.05) is 0 Å². The maximum Gasteiger partial charge on any atom is 0.405 e. The highest BCUT2D eigenvalue weighted by Crippen LogP contribution is 1.78. The van der Waals surface area contributed by atoms with E-state index >= 15 is 0 Å². The summed E-state index contributed by atoms with van der Waals surface area (Å²) in [5, 5.41) is 17.8. The molecule has 10 heavy (non-hydrogen) atoms. The number of hydrogen-bond acceptors (Lipinski definition) is 2. The Bertz CT molecular complexity index is 137. The molecule has 0 aromatic heterocycles. The minimum atomic E-state index is -1.33. The van der Waals surface area contributed by atoms with E-state index in [4.69, 9.17) is 10.2 Å². The first kappa shape index (κ1) is 11.8. The minimum Gasteiger partial charge on any atom is -0.480 e. The van der Waals surface area contributed by atoms with Crippen molar-refractivity contribution < 1.29 is 19.8 Å². The summed E-state index contributed by atoms with van der Waals surface area (Å²) in [6.45, 7) is 1.25. The van der Waals surface area contributed by atoms with Gasteiger partial charge < -0.3 is 15.5 Å². The van der Waals surface area contributed by atoms with Crippen LogP contribution in [-0.4, -0.2) is 28.3 Å². The lowest BCUT2D eigenvalue weighted by Crippen LogP contribution is -2.37. The summed E-state index contributed by atoms with van der Waals surface area (Å²) < 4.78 is 0. The molecule has 0 radical (unpaired) electrons. The van der Waals surface area contributed by atoms with E-state index in [0.29, 0.717) is 0 Å². The van der Waals surface area contributed by atoms with E-state index in [0.717, 1.165) is 0 Å². The van der Waals surface area contributed by atoms with Crippen molar-refractivity contribution >= 4 is 24.5 Å². The van der Waals surface area contributed by atoms with Crippen molar-refractivity contribution in [1.29, 1.82) is 0 Å². The molecule has 0 spiro atoms. The van der Waals surface area contributed by atoms with Gasteiger partial charge in [-0.15, -0.1) is 12.4 Å². The zero-order valence-electron chi connectivity index (χ0n) is 5.20. The molecule has 0 bridgehead atoms. The van der Waals surface area contributed by atoms with Gasteiger partial charge in [-0.25, -0.2) is 4.79 Å². The zero-order valence-corrected chi connectivity index (χ0v) is 6.01. The van der Waals surface area contributed by atoms with E-state index in [2.05, 4.69) is 0 Å². The Morgan fingerprint density at radius 2 is 1.80 bits per heavy atom. The van der Waals surface area contributed by atoms with Crippen LogP contribution in [-0.2, 0) is 4.79 Å². The Morgan fingerprint density at radius 1 is 1.40 bits per heavy atom. The maximum absolute atomic E-state index is 9.91. The molecule has 6 heteroatoms. The van der Waals surface area contributed by atoms with E-state index in [9.17, 15) is 9.59 Å². The molecule has 0 saturated carbocycles. The largest absolute Gasteiger partial charge is 0.480 e. The molecule has 0 aliphatic rings. The average Bonchev–Trinajstić information content (AvgIpc) is 1.63. The van der Waals surface area contributed by atoms with Crippen LogP contribution in [0, 0.1) is 0 Å². The summed E-state index contributed by atoms with van der Waals surface area (Å²) >= 11 is 0. The zero-order chi connectivity index (χ0) is 7.44. The number of carbonyl (C=O) groups is 2. The summed E-state index contributed by atoms with van der Waals surface area (Å²) in [7, 11) is 0. The van der Waals surface area contributed by atoms with Gasteiger partial charge in [-0.3, -0.25) is 4.79 Å². The van der Waals surface area contributed by atoms with Gasteiger partial charge in [-0.05, 0) is 6.92 Å². The van der Waals surface area contributed by atoms with Crippen molar-refractivity contribution in [2.75, 3.05) is 0 Å². The standard InChI is InChI=1S/C4H7NO4.ClH/c1-2(3(6)7)5-4(8)9;/h2,5H,1H3,(H,6,7)(H,8,9);1H. The molecule has 1 atom stereocenters. The molecular formula is C4H8ClNO4. The summed E-state index contributed by atoms with van der Waals surface area (Å²) in [4.78, 5) is 19.6. The van der Waals surface area contributed by atoms with Gasteiger partial charge >= 0.3 is 12.1 Å².